The van der Waals surface area contributed by atoms with Crippen molar-refractivity contribution in [2.24, 2.45) is 7.05 Å². The smallest absolute Gasteiger partial charge is 0.200 e. The predicted molar refractivity (Wildman–Crippen MR) is 57.8 cm³/mol. The van der Waals surface area contributed by atoms with Crippen molar-refractivity contribution >= 4 is 0 Å². The molecule has 1 aromatic heterocycles. The second-order valence-electron chi connectivity index (χ2n) is 3.39. The lowest BCUT2D eigenvalue weighted by atomic mass is 10.1. The first-order valence-corrected chi connectivity index (χ1v) is 4.76. The zero-order valence-corrected chi connectivity index (χ0v) is 8.51. The number of rotatable bonds is 1. The molecule has 0 N–H and O–H groups in total. The van der Waals surface area contributed by atoms with Crippen LogP contribution in [0, 0.1) is 11.3 Å². The summed E-state index contributed by atoms with van der Waals surface area (Å²) in [5, 5.41) is 8.76. The average molecular weight is 195 g/mol. The fourth-order valence-electron chi connectivity index (χ4n) is 1.58. The van der Waals surface area contributed by atoms with Crippen LogP contribution in [0.2, 0.25) is 0 Å². The number of pyridine rings is 1. The zero-order chi connectivity index (χ0) is 10.7. The number of aryl methyl sites for hydroxylation is 1. The summed E-state index contributed by atoms with van der Waals surface area (Å²) < 4.78 is 1.97. The minimum Gasteiger partial charge on any atom is -0.200 e. The second kappa shape index (κ2) is 3.93. The van der Waals surface area contributed by atoms with Crippen molar-refractivity contribution < 1.29 is 4.57 Å². The number of nitriles is 1. The van der Waals surface area contributed by atoms with E-state index in [1.165, 1.54) is 0 Å². The van der Waals surface area contributed by atoms with Crippen molar-refractivity contribution in [2.45, 2.75) is 0 Å². The standard InChI is InChI=1S/C13H11N2/c1-15-10-11(9-14)7-8-13(15)12-5-3-2-4-6-12/h2-8,10H,1H3/q+1. The summed E-state index contributed by atoms with van der Waals surface area (Å²) in [4.78, 5) is 0. The first kappa shape index (κ1) is 9.42. The Bertz CT molecular complexity index is 510. The van der Waals surface area contributed by atoms with Crippen LogP contribution in [-0.2, 0) is 7.05 Å². The molecule has 2 aromatic rings. The maximum atomic E-state index is 8.76. The molecule has 0 aliphatic carbocycles. The van der Waals surface area contributed by atoms with Crippen molar-refractivity contribution in [3.63, 3.8) is 0 Å². The van der Waals surface area contributed by atoms with Crippen molar-refractivity contribution in [2.75, 3.05) is 0 Å². The van der Waals surface area contributed by atoms with E-state index in [1.54, 1.807) is 0 Å². The molecule has 1 aromatic carbocycles. The van der Waals surface area contributed by atoms with Gasteiger partial charge in [0.2, 0.25) is 5.69 Å². The van der Waals surface area contributed by atoms with Gasteiger partial charge in [0.25, 0.3) is 0 Å². The molecule has 72 valence electrons. The van der Waals surface area contributed by atoms with E-state index in [4.69, 9.17) is 5.26 Å². The lowest BCUT2D eigenvalue weighted by molar-refractivity contribution is -0.660. The maximum Gasteiger partial charge on any atom is 0.212 e. The monoisotopic (exact) mass is 195 g/mol. The third-order valence-electron chi connectivity index (χ3n) is 2.33. The molecule has 0 bridgehead atoms. The minimum atomic E-state index is 0.678. The van der Waals surface area contributed by atoms with E-state index in [0.717, 1.165) is 11.3 Å². The van der Waals surface area contributed by atoms with Gasteiger partial charge in [0, 0.05) is 11.6 Å². The molecule has 0 radical (unpaired) electrons. The number of aromatic nitrogens is 1. The van der Waals surface area contributed by atoms with Gasteiger partial charge in [-0.25, -0.2) is 0 Å². The maximum absolute atomic E-state index is 8.76. The van der Waals surface area contributed by atoms with E-state index in [-0.39, 0.29) is 0 Å². The molecule has 0 aliphatic heterocycles. The third kappa shape index (κ3) is 1.87. The summed E-state index contributed by atoms with van der Waals surface area (Å²) >= 11 is 0. The number of hydrogen-bond donors (Lipinski definition) is 0. The van der Waals surface area contributed by atoms with Gasteiger partial charge >= 0.3 is 0 Å². The van der Waals surface area contributed by atoms with Crippen LogP contribution in [-0.4, -0.2) is 0 Å². The first-order chi connectivity index (χ1) is 7.31. The normalized spacial score (nSPS) is 9.60. The third-order valence-corrected chi connectivity index (χ3v) is 2.33. The number of nitrogens with zero attached hydrogens (tertiary/aromatic N) is 2. The topological polar surface area (TPSA) is 27.7 Å². The first-order valence-electron chi connectivity index (χ1n) is 4.76. The average Bonchev–Trinajstić information content (AvgIpc) is 2.30. The highest BCUT2D eigenvalue weighted by molar-refractivity contribution is 5.56. The van der Waals surface area contributed by atoms with Crippen LogP contribution in [0.4, 0.5) is 0 Å². The van der Waals surface area contributed by atoms with E-state index < -0.39 is 0 Å². The predicted octanol–water partition coefficient (Wildman–Crippen LogP) is 2.05. The largest absolute Gasteiger partial charge is 0.212 e. The molecule has 0 fully saturated rings. The molecule has 1 heterocycles. The van der Waals surface area contributed by atoms with Crippen LogP contribution in [0.3, 0.4) is 0 Å². The highest BCUT2D eigenvalue weighted by Crippen LogP contribution is 2.14. The van der Waals surface area contributed by atoms with Gasteiger partial charge in [-0.1, -0.05) is 18.2 Å². The van der Waals surface area contributed by atoms with Crippen LogP contribution in [0.25, 0.3) is 11.3 Å². The van der Waals surface area contributed by atoms with Crippen molar-refractivity contribution in [3.8, 4) is 17.3 Å². The SMILES string of the molecule is C[n+]1cc(C#N)ccc1-c1ccccc1. The Morgan fingerprint density at radius 3 is 2.40 bits per heavy atom. The van der Waals surface area contributed by atoms with Gasteiger partial charge in [-0.05, 0) is 18.2 Å². The van der Waals surface area contributed by atoms with Crippen molar-refractivity contribution in [1.29, 1.82) is 5.26 Å². The summed E-state index contributed by atoms with van der Waals surface area (Å²) in [5.41, 5.74) is 2.94. The van der Waals surface area contributed by atoms with Gasteiger partial charge in [0.15, 0.2) is 6.20 Å². The summed E-state index contributed by atoms with van der Waals surface area (Å²) in [6, 6.07) is 16.0. The highest BCUT2D eigenvalue weighted by atomic mass is 14.9. The van der Waals surface area contributed by atoms with E-state index in [9.17, 15) is 0 Å². The van der Waals surface area contributed by atoms with Gasteiger partial charge in [-0.15, -0.1) is 0 Å². The van der Waals surface area contributed by atoms with Crippen molar-refractivity contribution in [1.82, 2.24) is 0 Å². The Morgan fingerprint density at radius 1 is 1.07 bits per heavy atom. The highest BCUT2D eigenvalue weighted by Gasteiger charge is 2.09. The molecule has 0 saturated heterocycles. The summed E-state index contributed by atoms with van der Waals surface area (Å²) in [5.74, 6) is 0. The molecule has 0 aliphatic rings. The Hall–Kier alpha value is -2.14. The molecular weight excluding hydrogens is 184 g/mol. The fourth-order valence-corrected chi connectivity index (χ4v) is 1.58. The van der Waals surface area contributed by atoms with Crippen LogP contribution < -0.4 is 4.57 Å². The van der Waals surface area contributed by atoms with E-state index in [1.807, 2.05) is 48.1 Å². The molecule has 2 heteroatoms. The van der Waals surface area contributed by atoms with E-state index in [0.29, 0.717) is 5.56 Å². The lowest BCUT2D eigenvalue weighted by Gasteiger charge is -1.99. The molecule has 0 atom stereocenters. The minimum absolute atomic E-state index is 0.678. The molecule has 2 rings (SSSR count). The molecule has 15 heavy (non-hydrogen) atoms. The van der Waals surface area contributed by atoms with Gasteiger partial charge in [0.1, 0.15) is 18.7 Å². The molecular formula is C13H11N2+. The summed E-state index contributed by atoms with van der Waals surface area (Å²) in [6.07, 6.45) is 1.84. The van der Waals surface area contributed by atoms with Crippen LogP contribution >= 0.6 is 0 Å². The van der Waals surface area contributed by atoms with Gasteiger partial charge < -0.3 is 0 Å². The van der Waals surface area contributed by atoms with Crippen LogP contribution in [0.5, 0.6) is 0 Å². The molecule has 0 unspecified atom stereocenters. The van der Waals surface area contributed by atoms with Crippen LogP contribution in [0.15, 0.2) is 48.7 Å². The second-order valence-corrected chi connectivity index (χ2v) is 3.39. The fraction of sp³-hybridized carbons (Fsp3) is 0.0769. The Labute approximate surface area is 89.0 Å². The molecule has 0 amide bonds. The quantitative estimate of drug-likeness (QED) is 0.640. The lowest BCUT2D eigenvalue weighted by Crippen LogP contribution is -2.30. The zero-order valence-electron chi connectivity index (χ0n) is 8.51. The molecule has 0 saturated carbocycles. The number of hydrogen-bond acceptors (Lipinski definition) is 1. The van der Waals surface area contributed by atoms with Crippen LogP contribution in [0.1, 0.15) is 5.56 Å². The van der Waals surface area contributed by atoms with Gasteiger partial charge in [-0.3, -0.25) is 0 Å². The van der Waals surface area contributed by atoms with Crippen molar-refractivity contribution in [3.05, 3.63) is 54.2 Å². The van der Waals surface area contributed by atoms with Gasteiger partial charge in [-0.2, -0.15) is 9.83 Å². The molecule has 0 spiro atoms. The van der Waals surface area contributed by atoms with Gasteiger partial charge in [0.05, 0.1) is 0 Å². The van der Waals surface area contributed by atoms with E-state index in [2.05, 4.69) is 18.2 Å². The Morgan fingerprint density at radius 2 is 1.80 bits per heavy atom. The Kier molecular flexibility index (Phi) is 2.47. The Balaban J connectivity index is 2.52. The number of benzene rings is 1. The summed E-state index contributed by atoms with van der Waals surface area (Å²) in [6.45, 7) is 0. The van der Waals surface area contributed by atoms with E-state index >= 15 is 0 Å². The summed E-state index contributed by atoms with van der Waals surface area (Å²) in [7, 11) is 1.95. The molecule has 2 nitrogen and oxygen atoms in total.